The van der Waals surface area contributed by atoms with Gasteiger partial charge >= 0.3 is 0 Å². The van der Waals surface area contributed by atoms with E-state index in [1.165, 1.54) is 11.6 Å². The van der Waals surface area contributed by atoms with Gasteiger partial charge in [0.25, 0.3) is 0 Å². The van der Waals surface area contributed by atoms with E-state index < -0.39 is 0 Å². The van der Waals surface area contributed by atoms with E-state index in [2.05, 4.69) is 35.7 Å². The molecule has 1 fully saturated rings. The molecule has 1 N–H and O–H groups in total. The summed E-state index contributed by atoms with van der Waals surface area (Å²) in [5.74, 6) is 3.66. The molecule has 2 aliphatic heterocycles. The molecule has 3 atom stereocenters. The minimum Gasteiger partial charge on any atom is -0.489 e. The molecule has 1 aliphatic carbocycles. The molecule has 0 aromatic heterocycles. The summed E-state index contributed by atoms with van der Waals surface area (Å²) < 4.78 is 19.8. The van der Waals surface area contributed by atoms with Gasteiger partial charge in [0.1, 0.15) is 17.7 Å². The van der Waals surface area contributed by atoms with Gasteiger partial charge in [0.15, 0.2) is 0 Å². The van der Waals surface area contributed by atoms with Crippen LogP contribution >= 0.6 is 11.8 Å². The third kappa shape index (κ3) is 2.73. The molecule has 0 amide bonds. The lowest BCUT2D eigenvalue weighted by atomic mass is 9.77. The van der Waals surface area contributed by atoms with Gasteiger partial charge in [-0.1, -0.05) is 24.3 Å². The maximum Gasteiger partial charge on any atom is 0.123 e. The van der Waals surface area contributed by atoms with Crippen LogP contribution in [-0.2, 0) is 0 Å². The summed E-state index contributed by atoms with van der Waals surface area (Å²) in [5.41, 5.74) is 3.37. The van der Waals surface area contributed by atoms with Crippen molar-refractivity contribution in [2.75, 3.05) is 16.8 Å². The second kappa shape index (κ2) is 6.10. The van der Waals surface area contributed by atoms with Gasteiger partial charge in [0, 0.05) is 23.1 Å². The Balaban J connectivity index is 1.48. The molecule has 4 heteroatoms. The Labute approximate surface area is 151 Å². The zero-order valence-electron chi connectivity index (χ0n) is 13.8. The van der Waals surface area contributed by atoms with Crippen LogP contribution in [0.4, 0.5) is 10.1 Å². The van der Waals surface area contributed by atoms with Crippen molar-refractivity contribution in [1.82, 2.24) is 0 Å². The van der Waals surface area contributed by atoms with Gasteiger partial charge in [0.2, 0.25) is 0 Å². The van der Waals surface area contributed by atoms with Crippen LogP contribution in [0, 0.1) is 11.7 Å². The number of anilines is 1. The Morgan fingerprint density at radius 2 is 2.04 bits per heavy atom. The second-order valence-electron chi connectivity index (χ2n) is 7.06. The number of fused-ring (bicyclic) bond motifs is 3. The SMILES string of the molecule is Fc1ccc2c(c1)[C@H]1C=CC[C@@H]1[C@@H](c1cccc(OC3CSC3)c1)N2. The van der Waals surface area contributed by atoms with Crippen LogP contribution in [0.3, 0.4) is 0 Å². The summed E-state index contributed by atoms with van der Waals surface area (Å²) in [7, 11) is 0. The van der Waals surface area contributed by atoms with E-state index in [4.69, 9.17) is 4.74 Å². The van der Waals surface area contributed by atoms with Crippen LogP contribution in [0.15, 0.2) is 54.6 Å². The van der Waals surface area contributed by atoms with Gasteiger partial charge in [-0.3, -0.25) is 0 Å². The lowest BCUT2D eigenvalue weighted by Crippen LogP contribution is -2.31. The zero-order valence-corrected chi connectivity index (χ0v) is 14.6. The third-order valence-electron chi connectivity index (χ3n) is 5.45. The fraction of sp³-hybridized carbons (Fsp3) is 0.333. The van der Waals surface area contributed by atoms with Gasteiger partial charge in [0.05, 0.1) is 6.04 Å². The summed E-state index contributed by atoms with van der Waals surface area (Å²) in [4.78, 5) is 0. The number of allylic oxidation sites excluding steroid dienone is 2. The highest BCUT2D eigenvalue weighted by molar-refractivity contribution is 8.00. The number of ether oxygens (including phenoxy) is 1. The topological polar surface area (TPSA) is 21.3 Å². The van der Waals surface area contributed by atoms with E-state index in [1.54, 1.807) is 6.07 Å². The number of hydrogen-bond acceptors (Lipinski definition) is 3. The minimum absolute atomic E-state index is 0.160. The molecule has 2 aromatic rings. The third-order valence-corrected chi connectivity index (χ3v) is 6.67. The number of hydrogen-bond donors (Lipinski definition) is 1. The van der Waals surface area contributed by atoms with E-state index in [0.29, 0.717) is 12.0 Å². The van der Waals surface area contributed by atoms with E-state index in [0.717, 1.165) is 34.9 Å². The van der Waals surface area contributed by atoms with Crippen LogP contribution in [0.5, 0.6) is 5.75 Å². The van der Waals surface area contributed by atoms with E-state index in [1.807, 2.05) is 23.9 Å². The molecule has 0 radical (unpaired) electrons. The van der Waals surface area contributed by atoms with E-state index in [9.17, 15) is 4.39 Å². The van der Waals surface area contributed by atoms with Crippen molar-refractivity contribution in [2.24, 2.45) is 5.92 Å². The quantitative estimate of drug-likeness (QED) is 0.772. The second-order valence-corrected chi connectivity index (χ2v) is 8.13. The Morgan fingerprint density at radius 1 is 1.12 bits per heavy atom. The highest BCUT2D eigenvalue weighted by atomic mass is 32.2. The summed E-state index contributed by atoms with van der Waals surface area (Å²) >= 11 is 1.93. The van der Waals surface area contributed by atoms with E-state index >= 15 is 0 Å². The lowest BCUT2D eigenvalue weighted by molar-refractivity contribution is 0.240. The molecule has 5 rings (SSSR count). The number of thioether (sulfide) groups is 1. The van der Waals surface area contributed by atoms with Gasteiger partial charge in [-0.25, -0.2) is 4.39 Å². The Hall–Kier alpha value is -1.94. The first-order valence-electron chi connectivity index (χ1n) is 8.85. The van der Waals surface area contributed by atoms with Crippen LogP contribution in [0.25, 0.3) is 0 Å². The molecule has 1 saturated heterocycles. The normalized spacial score (nSPS) is 27.2. The molecule has 25 heavy (non-hydrogen) atoms. The molecule has 2 heterocycles. The van der Waals surface area contributed by atoms with Gasteiger partial charge in [-0.15, -0.1) is 0 Å². The first-order chi connectivity index (χ1) is 12.3. The molecule has 3 aliphatic rings. The summed E-state index contributed by atoms with van der Waals surface area (Å²) in [6, 6.07) is 13.8. The highest BCUT2D eigenvalue weighted by Gasteiger charge is 2.38. The lowest BCUT2D eigenvalue weighted by Gasteiger charge is -2.37. The maximum atomic E-state index is 13.7. The predicted molar refractivity (Wildman–Crippen MR) is 101 cm³/mol. The number of rotatable bonds is 3. The van der Waals surface area contributed by atoms with Crippen molar-refractivity contribution in [3.05, 3.63) is 71.6 Å². The largest absolute Gasteiger partial charge is 0.489 e. The Morgan fingerprint density at radius 3 is 2.88 bits per heavy atom. The summed E-state index contributed by atoms with van der Waals surface area (Å²) in [5, 5.41) is 3.65. The maximum absolute atomic E-state index is 13.7. The summed E-state index contributed by atoms with van der Waals surface area (Å²) in [6.07, 6.45) is 5.84. The summed E-state index contributed by atoms with van der Waals surface area (Å²) in [6.45, 7) is 0. The van der Waals surface area contributed by atoms with Crippen LogP contribution in [0.1, 0.15) is 29.5 Å². The molecule has 2 nitrogen and oxygen atoms in total. The molecule has 0 saturated carbocycles. The van der Waals surface area contributed by atoms with Crippen LogP contribution in [-0.4, -0.2) is 17.6 Å². The first-order valence-corrected chi connectivity index (χ1v) is 10.0. The van der Waals surface area contributed by atoms with Gasteiger partial charge < -0.3 is 10.1 Å². The van der Waals surface area contributed by atoms with Gasteiger partial charge in [-0.05, 0) is 53.8 Å². The smallest absolute Gasteiger partial charge is 0.123 e. The fourth-order valence-electron chi connectivity index (χ4n) is 4.15. The van der Waals surface area contributed by atoms with Crippen molar-refractivity contribution in [3.8, 4) is 5.75 Å². The fourth-order valence-corrected chi connectivity index (χ4v) is 4.72. The molecule has 0 unspecified atom stereocenters. The minimum atomic E-state index is -0.160. The number of benzene rings is 2. The predicted octanol–water partition coefficient (Wildman–Crippen LogP) is 5.15. The number of halogens is 1. The standard InChI is InChI=1S/C21H20FNOS/c22-14-7-8-20-19(10-14)17-5-2-6-18(17)21(23-20)13-3-1-4-15(9-13)24-16-11-25-12-16/h1-5,7-10,16-18,21,23H,6,11-12H2/t17-,18-,21+/m0/s1. The van der Waals surface area contributed by atoms with Crippen molar-refractivity contribution in [3.63, 3.8) is 0 Å². The molecular weight excluding hydrogens is 333 g/mol. The molecule has 2 aromatic carbocycles. The average Bonchev–Trinajstić information content (AvgIpc) is 3.08. The van der Waals surface area contributed by atoms with Gasteiger partial charge in [-0.2, -0.15) is 11.8 Å². The first kappa shape index (κ1) is 15.3. The van der Waals surface area contributed by atoms with Crippen molar-refractivity contribution in [2.45, 2.75) is 24.5 Å². The molecule has 0 bridgehead atoms. The van der Waals surface area contributed by atoms with Crippen LogP contribution in [0.2, 0.25) is 0 Å². The highest BCUT2D eigenvalue weighted by Crippen LogP contribution is 2.50. The van der Waals surface area contributed by atoms with Crippen molar-refractivity contribution < 1.29 is 9.13 Å². The molecular formula is C21H20FNOS. The van der Waals surface area contributed by atoms with Crippen molar-refractivity contribution >= 4 is 17.4 Å². The monoisotopic (exact) mass is 353 g/mol. The van der Waals surface area contributed by atoms with Crippen molar-refractivity contribution in [1.29, 1.82) is 0 Å². The molecule has 128 valence electrons. The Kier molecular flexibility index (Phi) is 3.74. The van der Waals surface area contributed by atoms with Crippen LogP contribution < -0.4 is 10.1 Å². The molecule has 0 spiro atoms. The number of nitrogens with one attached hydrogen (secondary N) is 1. The average molecular weight is 353 g/mol. The Bertz CT molecular complexity index is 832. The zero-order chi connectivity index (χ0) is 16.8. The van der Waals surface area contributed by atoms with E-state index in [-0.39, 0.29) is 17.8 Å².